The summed E-state index contributed by atoms with van der Waals surface area (Å²) in [5.41, 5.74) is 4.70. The lowest BCUT2D eigenvalue weighted by Gasteiger charge is -2.27. The second-order valence-electron chi connectivity index (χ2n) is 7.06. The van der Waals surface area contributed by atoms with E-state index < -0.39 is 0 Å². The minimum atomic E-state index is 0.124. The fourth-order valence-corrected chi connectivity index (χ4v) is 4.35. The molecular formula is C21H19N5O2S. The largest absolute Gasteiger partial charge is 0.338 e. The van der Waals surface area contributed by atoms with Gasteiger partial charge in [0.25, 0.3) is 5.89 Å². The van der Waals surface area contributed by atoms with Gasteiger partial charge in [0.15, 0.2) is 5.69 Å². The minimum absolute atomic E-state index is 0.124. The van der Waals surface area contributed by atoms with Crippen LogP contribution in [0.5, 0.6) is 0 Å². The van der Waals surface area contributed by atoms with Crippen molar-refractivity contribution in [3.63, 3.8) is 0 Å². The normalized spacial score (nSPS) is 13.5. The smallest absolute Gasteiger partial charge is 0.279 e. The van der Waals surface area contributed by atoms with E-state index in [4.69, 9.17) is 4.52 Å². The molecule has 0 bridgehead atoms. The highest BCUT2D eigenvalue weighted by Gasteiger charge is 2.29. The number of nitrogens with zero attached hydrogens (tertiary/aromatic N) is 5. The van der Waals surface area contributed by atoms with Crippen molar-refractivity contribution in [2.45, 2.75) is 19.4 Å². The summed E-state index contributed by atoms with van der Waals surface area (Å²) in [6, 6.07) is 11.7. The van der Waals surface area contributed by atoms with Gasteiger partial charge in [-0.05, 0) is 22.4 Å². The third-order valence-corrected chi connectivity index (χ3v) is 5.92. The molecule has 0 fully saturated rings. The predicted octanol–water partition coefficient (Wildman–Crippen LogP) is 3.33. The third kappa shape index (κ3) is 3.36. The Balaban J connectivity index is 1.43. The molecule has 8 heteroatoms. The van der Waals surface area contributed by atoms with Crippen LogP contribution in [0.2, 0.25) is 0 Å². The van der Waals surface area contributed by atoms with Crippen molar-refractivity contribution in [2.75, 3.05) is 6.54 Å². The van der Waals surface area contributed by atoms with E-state index in [0.29, 0.717) is 36.9 Å². The minimum Gasteiger partial charge on any atom is -0.338 e. The number of thiophene rings is 1. The van der Waals surface area contributed by atoms with Gasteiger partial charge in [0.05, 0.1) is 6.42 Å². The number of amides is 1. The first-order chi connectivity index (χ1) is 14.2. The van der Waals surface area contributed by atoms with E-state index in [1.165, 1.54) is 0 Å². The summed E-state index contributed by atoms with van der Waals surface area (Å²) >= 11 is 1.61. The topological polar surface area (TPSA) is 77.1 Å². The molecule has 1 amide bonds. The van der Waals surface area contributed by atoms with E-state index in [0.717, 1.165) is 28.8 Å². The molecule has 0 spiro atoms. The van der Waals surface area contributed by atoms with Crippen LogP contribution in [-0.2, 0) is 31.2 Å². The number of benzene rings is 1. The first kappa shape index (κ1) is 17.8. The SMILES string of the molecule is Cn1nc(-c2nc(-c3ccccc3)no2)c2c1CCN(C(=O)Cc1ccsc1)C2. The van der Waals surface area contributed by atoms with Crippen molar-refractivity contribution < 1.29 is 9.32 Å². The Morgan fingerprint density at radius 1 is 1.24 bits per heavy atom. The lowest BCUT2D eigenvalue weighted by atomic mass is 10.0. The zero-order valence-electron chi connectivity index (χ0n) is 15.9. The molecule has 0 atom stereocenters. The number of rotatable bonds is 4. The van der Waals surface area contributed by atoms with Crippen molar-refractivity contribution in [2.24, 2.45) is 7.05 Å². The number of aromatic nitrogens is 4. The van der Waals surface area contributed by atoms with Gasteiger partial charge in [-0.1, -0.05) is 35.5 Å². The number of carbonyl (C=O) groups is 1. The highest BCUT2D eigenvalue weighted by molar-refractivity contribution is 7.08. The van der Waals surface area contributed by atoms with E-state index in [-0.39, 0.29) is 5.91 Å². The molecule has 1 aromatic carbocycles. The van der Waals surface area contributed by atoms with Crippen LogP contribution in [0.15, 0.2) is 51.7 Å². The molecule has 0 saturated carbocycles. The maximum absolute atomic E-state index is 12.8. The predicted molar refractivity (Wildman–Crippen MR) is 109 cm³/mol. The average Bonchev–Trinajstić information content (AvgIpc) is 3.49. The van der Waals surface area contributed by atoms with Crippen molar-refractivity contribution in [1.82, 2.24) is 24.8 Å². The van der Waals surface area contributed by atoms with Crippen LogP contribution in [0.4, 0.5) is 0 Å². The molecule has 0 aliphatic carbocycles. The molecule has 1 aliphatic rings. The molecule has 7 nitrogen and oxygen atoms in total. The maximum atomic E-state index is 12.8. The van der Waals surface area contributed by atoms with Gasteiger partial charge in [-0.15, -0.1) is 0 Å². The molecule has 146 valence electrons. The molecule has 5 rings (SSSR count). The van der Waals surface area contributed by atoms with Crippen LogP contribution >= 0.6 is 11.3 Å². The number of aryl methyl sites for hydroxylation is 1. The Morgan fingerprint density at radius 2 is 2.10 bits per heavy atom. The Hall–Kier alpha value is -3.26. The van der Waals surface area contributed by atoms with Crippen LogP contribution in [0.1, 0.15) is 16.8 Å². The first-order valence-electron chi connectivity index (χ1n) is 9.42. The summed E-state index contributed by atoms with van der Waals surface area (Å²) in [7, 11) is 1.92. The standard InChI is InChI=1S/C21H19N5O2S/c1-25-17-7-9-26(18(27)11-14-8-10-29-13-14)12-16(17)19(23-25)21-22-20(24-28-21)15-5-3-2-4-6-15/h2-6,8,10,13H,7,9,11-12H2,1H3. The van der Waals surface area contributed by atoms with Crippen molar-refractivity contribution in [1.29, 1.82) is 0 Å². The molecular weight excluding hydrogens is 386 g/mol. The van der Waals surface area contributed by atoms with Crippen LogP contribution in [-0.4, -0.2) is 37.3 Å². The Bertz CT molecular complexity index is 1150. The van der Waals surface area contributed by atoms with Gasteiger partial charge in [-0.25, -0.2) is 0 Å². The van der Waals surface area contributed by atoms with Gasteiger partial charge in [0, 0.05) is 43.4 Å². The monoisotopic (exact) mass is 405 g/mol. The number of hydrogen-bond donors (Lipinski definition) is 0. The maximum Gasteiger partial charge on any atom is 0.279 e. The number of fused-ring (bicyclic) bond motifs is 1. The van der Waals surface area contributed by atoms with Gasteiger partial charge in [-0.3, -0.25) is 9.48 Å². The van der Waals surface area contributed by atoms with E-state index in [1.54, 1.807) is 11.3 Å². The first-order valence-corrected chi connectivity index (χ1v) is 10.4. The van der Waals surface area contributed by atoms with Gasteiger partial charge < -0.3 is 9.42 Å². The van der Waals surface area contributed by atoms with Crippen LogP contribution in [0.25, 0.3) is 23.0 Å². The zero-order valence-corrected chi connectivity index (χ0v) is 16.7. The van der Waals surface area contributed by atoms with E-state index in [9.17, 15) is 4.79 Å². The zero-order chi connectivity index (χ0) is 19.8. The number of carbonyl (C=O) groups excluding carboxylic acids is 1. The highest BCUT2D eigenvalue weighted by Crippen LogP contribution is 2.30. The molecule has 0 N–H and O–H groups in total. The lowest BCUT2D eigenvalue weighted by Crippen LogP contribution is -2.37. The number of hydrogen-bond acceptors (Lipinski definition) is 6. The molecule has 29 heavy (non-hydrogen) atoms. The fraction of sp³-hybridized carbons (Fsp3) is 0.238. The van der Waals surface area contributed by atoms with E-state index in [2.05, 4.69) is 15.2 Å². The quantitative estimate of drug-likeness (QED) is 0.521. The molecule has 0 saturated heterocycles. The second kappa shape index (κ2) is 7.29. The summed E-state index contributed by atoms with van der Waals surface area (Å²) in [6.07, 6.45) is 1.18. The molecule has 3 aromatic heterocycles. The second-order valence-corrected chi connectivity index (χ2v) is 7.84. The highest BCUT2D eigenvalue weighted by atomic mass is 32.1. The Morgan fingerprint density at radius 3 is 2.90 bits per heavy atom. The van der Waals surface area contributed by atoms with Gasteiger partial charge >= 0.3 is 0 Å². The summed E-state index contributed by atoms with van der Waals surface area (Å²) in [4.78, 5) is 19.2. The van der Waals surface area contributed by atoms with E-state index in [1.807, 2.05) is 63.8 Å². The van der Waals surface area contributed by atoms with E-state index >= 15 is 0 Å². The van der Waals surface area contributed by atoms with Crippen LogP contribution < -0.4 is 0 Å². The molecule has 0 radical (unpaired) electrons. The Kier molecular flexibility index (Phi) is 4.48. The average molecular weight is 405 g/mol. The Labute approximate surface area is 171 Å². The molecule has 4 heterocycles. The fourth-order valence-electron chi connectivity index (χ4n) is 3.68. The molecule has 4 aromatic rings. The summed E-state index contributed by atoms with van der Waals surface area (Å²) in [6.45, 7) is 1.19. The third-order valence-electron chi connectivity index (χ3n) is 5.19. The molecule has 1 aliphatic heterocycles. The van der Waals surface area contributed by atoms with Crippen molar-refractivity contribution in [3.8, 4) is 23.0 Å². The summed E-state index contributed by atoms with van der Waals surface area (Å²) in [5.74, 6) is 1.04. The lowest BCUT2D eigenvalue weighted by molar-refractivity contribution is -0.131. The van der Waals surface area contributed by atoms with Crippen molar-refractivity contribution >= 4 is 17.2 Å². The van der Waals surface area contributed by atoms with Gasteiger partial charge in [-0.2, -0.15) is 21.4 Å². The summed E-state index contributed by atoms with van der Waals surface area (Å²) < 4.78 is 7.39. The van der Waals surface area contributed by atoms with Gasteiger partial charge in [0.2, 0.25) is 11.7 Å². The van der Waals surface area contributed by atoms with Crippen LogP contribution in [0, 0.1) is 0 Å². The molecule has 0 unspecified atom stereocenters. The van der Waals surface area contributed by atoms with Crippen molar-refractivity contribution in [3.05, 3.63) is 64.0 Å². The van der Waals surface area contributed by atoms with Gasteiger partial charge in [0.1, 0.15) is 0 Å². The summed E-state index contributed by atoms with van der Waals surface area (Å²) in [5, 5.41) is 12.7. The van der Waals surface area contributed by atoms with Crippen LogP contribution in [0.3, 0.4) is 0 Å².